The van der Waals surface area contributed by atoms with Gasteiger partial charge in [-0.2, -0.15) is 0 Å². The number of anilines is 4. The maximum absolute atomic E-state index is 10.9. The fourth-order valence-electron chi connectivity index (χ4n) is 1.65. The van der Waals surface area contributed by atoms with Crippen molar-refractivity contribution in [3.8, 4) is 0 Å². The zero-order valence-corrected chi connectivity index (χ0v) is 10.9. The van der Waals surface area contributed by atoms with Crippen molar-refractivity contribution < 1.29 is 4.79 Å². The van der Waals surface area contributed by atoms with Gasteiger partial charge in [-0.05, 0) is 42.8 Å². The second-order valence-corrected chi connectivity index (χ2v) is 4.27. The van der Waals surface area contributed by atoms with E-state index in [1.165, 1.54) is 6.92 Å². The largest absolute Gasteiger partial charge is 0.396 e. The second kappa shape index (κ2) is 5.39. The van der Waals surface area contributed by atoms with Gasteiger partial charge in [0.15, 0.2) is 5.82 Å². The van der Waals surface area contributed by atoms with Gasteiger partial charge in [-0.1, -0.05) is 0 Å². The molecule has 1 aromatic carbocycles. The Hall–Kier alpha value is -2.56. The first-order valence-corrected chi connectivity index (χ1v) is 5.92. The van der Waals surface area contributed by atoms with Crippen LogP contribution in [0.2, 0.25) is 0 Å². The van der Waals surface area contributed by atoms with E-state index >= 15 is 0 Å². The van der Waals surface area contributed by atoms with Crippen LogP contribution in [0.1, 0.15) is 12.5 Å². The maximum atomic E-state index is 10.9. The molecule has 0 fully saturated rings. The number of amides is 1. The summed E-state index contributed by atoms with van der Waals surface area (Å²) >= 11 is 0. The number of benzene rings is 1. The summed E-state index contributed by atoms with van der Waals surface area (Å²) in [7, 11) is 0. The van der Waals surface area contributed by atoms with Crippen molar-refractivity contribution in [2.45, 2.75) is 13.8 Å². The third kappa shape index (κ3) is 3.22. The van der Waals surface area contributed by atoms with E-state index in [2.05, 4.69) is 15.6 Å². The molecule has 2 rings (SSSR count). The standard InChI is InChI=1S/C14H16N4O/c1-9-7-8-16-14(13(9)15)18-12-5-3-11(4-6-12)17-10(2)19/h3-8H,15H2,1-2H3,(H,16,18)(H,17,19). The van der Waals surface area contributed by atoms with Crippen molar-refractivity contribution in [1.82, 2.24) is 4.98 Å². The number of nitrogens with two attached hydrogens (primary N) is 1. The van der Waals surface area contributed by atoms with E-state index in [1.807, 2.05) is 37.3 Å². The van der Waals surface area contributed by atoms with E-state index in [4.69, 9.17) is 5.73 Å². The van der Waals surface area contributed by atoms with Crippen molar-refractivity contribution >= 4 is 28.8 Å². The molecule has 1 aromatic heterocycles. The minimum absolute atomic E-state index is 0.0923. The van der Waals surface area contributed by atoms with E-state index < -0.39 is 0 Å². The molecule has 98 valence electrons. The summed E-state index contributed by atoms with van der Waals surface area (Å²) in [5, 5.41) is 5.85. The predicted octanol–water partition coefficient (Wildman–Crippen LogP) is 2.67. The Balaban J connectivity index is 2.15. The van der Waals surface area contributed by atoms with Crippen LogP contribution in [-0.2, 0) is 4.79 Å². The molecule has 0 spiro atoms. The summed E-state index contributed by atoms with van der Waals surface area (Å²) in [6, 6.07) is 9.20. The molecule has 0 bridgehead atoms. The number of aryl methyl sites for hydroxylation is 1. The van der Waals surface area contributed by atoms with Gasteiger partial charge in [0.1, 0.15) is 0 Å². The van der Waals surface area contributed by atoms with E-state index in [9.17, 15) is 4.79 Å². The van der Waals surface area contributed by atoms with E-state index in [1.54, 1.807) is 6.20 Å². The van der Waals surface area contributed by atoms with E-state index in [-0.39, 0.29) is 5.91 Å². The van der Waals surface area contributed by atoms with Gasteiger partial charge < -0.3 is 16.4 Å². The second-order valence-electron chi connectivity index (χ2n) is 4.27. The summed E-state index contributed by atoms with van der Waals surface area (Å²) in [5.74, 6) is 0.539. The summed E-state index contributed by atoms with van der Waals surface area (Å²) in [4.78, 5) is 15.1. The molecule has 0 atom stereocenters. The fraction of sp³-hybridized carbons (Fsp3) is 0.143. The highest BCUT2D eigenvalue weighted by atomic mass is 16.1. The highest BCUT2D eigenvalue weighted by molar-refractivity contribution is 5.88. The normalized spacial score (nSPS) is 10.0. The molecule has 5 nitrogen and oxygen atoms in total. The first kappa shape index (κ1) is 12.9. The van der Waals surface area contributed by atoms with Crippen LogP contribution in [0.4, 0.5) is 22.9 Å². The summed E-state index contributed by atoms with van der Waals surface area (Å²) in [5.41, 5.74) is 9.17. The molecule has 0 aliphatic heterocycles. The molecule has 0 unspecified atom stereocenters. The van der Waals surface area contributed by atoms with Crippen LogP contribution < -0.4 is 16.4 Å². The van der Waals surface area contributed by atoms with Crippen LogP contribution in [0.3, 0.4) is 0 Å². The number of nitrogens with one attached hydrogen (secondary N) is 2. The molecule has 0 saturated heterocycles. The third-order valence-corrected chi connectivity index (χ3v) is 2.68. The molecule has 0 radical (unpaired) electrons. The Morgan fingerprint density at radius 2 is 1.79 bits per heavy atom. The number of carbonyl (C=O) groups excluding carboxylic acids is 1. The molecule has 19 heavy (non-hydrogen) atoms. The number of pyridine rings is 1. The lowest BCUT2D eigenvalue weighted by Crippen LogP contribution is -2.05. The first-order chi connectivity index (χ1) is 9.06. The number of aromatic nitrogens is 1. The smallest absolute Gasteiger partial charge is 0.221 e. The average Bonchev–Trinajstić information content (AvgIpc) is 2.37. The van der Waals surface area contributed by atoms with Gasteiger partial charge in [0, 0.05) is 24.5 Å². The molecular formula is C14H16N4O. The monoisotopic (exact) mass is 256 g/mol. The van der Waals surface area contributed by atoms with Crippen molar-refractivity contribution in [1.29, 1.82) is 0 Å². The van der Waals surface area contributed by atoms with Gasteiger partial charge in [0.05, 0.1) is 5.69 Å². The van der Waals surface area contributed by atoms with Crippen LogP contribution >= 0.6 is 0 Å². The molecule has 1 amide bonds. The molecule has 2 aromatic rings. The molecule has 0 saturated carbocycles. The van der Waals surface area contributed by atoms with Crippen molar-refractivity contribution in [3.05, 3.63) is 42.1 Å². The van der Waals surface area contributed by atoms with Crippen LogP contribution in [0, 0.1) is 6.92 Å². The Morgan fingerprint density at radius 1 is 1.16 bits per heavy atom. The van der Waals surface area contributed by atoms with Crippen LogP contribution in [0.25, 0.3) is 0 Å². The van der Waals surface area contributed by atoms with Gasteiger partial charge in [-0.3, -0.25) is 4.79 Å². The van der Waals surface area contributed by atoms with Crippen molar-refractivity contribution in [2.75, 3.05) is 16.4 Å². The highest BCUT2D eigenvalue weighted by Crippen LogP contribution is 2.23. The average molecular weight is 256 g/mol. The quantitative estimate of drug-likeness (QED) is 0.788. The van der Waals surface area contributed by atoms with Crippen LogP contribution in [0.15, 0.2) is 36.5 Å². The Morgan fingerprint density at radius 3 is 2.42 bits per heavy atom. The lowest BCUT2D eigenvalue weighted by molar-refractivity contribution is -0.114. The van der Waals surface area contributed by atoms with Gasteiger partial charge in [0.2, 0.25) is 5.91 Å². The summed E-state index contributed by atoms with van der Waals surface area (Å²) < 4.78 is 0. The summed E-state index contributed by atoms with van der Waals surface area (Å²) in [6.45, 7) is 3.41. The summed E-state index contributed by atoms with van der Waals surface area (Å²) in [6.07, 6.45) is 1.71. The van der Waals surface area contributed by atoms with Gasteiger partial charge in [0.25, 0.3) is 0 Å². The third-order valence-electron chi connectivity index (χ3n) is 2.68. The van der Waals surface area contributed by atoms with Crippen LogP contribution in [0.5, 0.6) is 0 Å². The minimum atomic E-state index is -0.0923. The zero-order valence-electron chi connectivity index (χ0n) is 10.9. The molecule has 5 heteroatoms. The Kier molecular flexibility index (Phi) is 3.66. The first-order valence-electron chi connectivity index (χ1n) is 5.92. The Labute approximate surface area is 111 Å². The number of rotatable bonds is 3. The highest BCUT2D eigenvalue weighted by Gasteiger charge is 2.03. The van der Waals surface area contributed by atoms with E-state index in [0.29, 0.717) is 11.5 Å². The molecule has 4 N–H and O–H groups in total. The Bertz CT molecular complexity index is 593. The molecule has 0 aliphatic rings. The number of carbonyl (C=O) groups is 1. The SMILES string of the molecule is CC(=O)Nc1ccc(Nc2nccc(C)c2N)cc1. The lowest BCUT2D eigenvalue weighted by atomic mass is 10.2. The lowest BCUT2D eigenvalue weighted by Gasteiger charge is -2.10. The van der Waals surface area contributed by atoms with Gasteiger partial charge >= 0.3 is 0 Å². The van der Waals surface area contributed by atoms with Crippen molar-refractivity contribution in [3.63, 3.8) is 0 Å². The number of nitrogens with zero attached hydrogens (tertiary/aromatic N) is 1. The number of hydrogen-bond donors (Lipinski definition) is 3. The van der Waals surface area contributed by atoms with Crippen LogP contribution in [-0.4, -0.2) is 10.9 Å². The molecule has 0 aliphatic carbocycles. The number of nitrogen functional groups attached to an aromatic ring is 1. The van der Waals surface area contributed by atoms with Gasteiger partial charge in [-0.15, -0.1) is 0 Å². The van der Waals surface area contributed by atoms with Crippen molar-refractivity contribution in [2.24, 2.45) is 0 Å². The molecular weight excluding hydrogens is 240 g/mol. The topological polar surface area (TPSA) is 80.0 Å². The fourth-order valence-corrected chi connectivity index (χ4v) is 1.65. The minimum Gasteiger partial charge on any atom is -0.396 e. The van der Waals surface area contributed by atoms with E-state index in [0.717, 1.165) is 16.9 Å². The molecule has 1 heterocycles. The number of hydrogen-bond acceptors (Lipinski definition) is 4. The van der Waals surface area contributed by atoms with Gasteiger partial charge in [-0.25, -0.2) is 4.98 Å². The zero-order chi connectivity index (χ0) is 13.8. The predicted molar refractivity (Wildman–Crippen MR) is 77.4 cm³/mol. The maximum Gasteiger partial charge on any atom is 0.221 e.